The number of aryl methyl sites for hydroxylation is 1. The van der Waals surface area contributed by atoms with Gasteiger partial charge in [0.1, 0.15) is 5.75 Å². The molecule has 3 nitrogen and oxygen atoms in total. The van der Waals surface area contributed by atoms with Crippen molar-refractivity contribution in [3.63, 3.8) is 0 Å². The first-order valence-electron chi connectivity index (χ1n) is 6.01. The summed E-state index contributed by atoms with van der Waals surface area (Å²) in [6.45, 7) is 7.23. The average molecular weight is 232 g/mol. The van der Waals surface area contributed by atoms with Crippen LogP contribution < -0.4 is 5.32 Å². The van der Waals surface area contributed by atoms with Gasteiger partial charge in [-0.2, -0.15) is 0 Å². The first kappa shape index (κ1) is 12.0. The molecule has 0 amide bonds. The zero-order valence-electron chi connectivity index (χ0n) is 10.9. The molecule has 17 heavy (non-hydrogen) atoms. The van der Waals surface area contributed by atoms with Gasteiger partial charge in [0.15, 0.2) is 0 Å². The van der Waals surface area contributed by atoms with E-state index >= 15 is 0 Å². The molecule has 1 heterocycles. The highest BCUT2D eigenvalue weighted by Gasteiger charge is 2.12. The number of nitrogens with one attached hydrogen (secondary N) is 1. The second-order valence-corrected chi connectivity index (χ2v) is 4.86. The van der Waals surface area contributed by atoms with Gasteiger partial charge in [0, 0.05) is 36.2 Å². The van der Waals surface area contributed by atoms with E-state index in [0.29, 0.717) is 11.8 Å². The monoisotopic (exact) mass is 232 g/mol. The fraction of sp³-hybridized carbons (Fsp3) is 0.429. The third-order valence-corrected chi connectivity index (χ3v) is 3.29. The quantitative estimate of drug-likeness (QED) is 0.853. The number of hydrogen-bond donors (Lipinski definition) is 2. The molecule has 2 aromatic rings. The Labute approximate surface area is 102 Å². The zero-order chi connectivity index (χ0) is 12.6. The highest BCUT2D eigenvalue weighted by molar-refractivity contribution is 5.86. The molecule has 0 aliphatic heterocycles. The maximum atomic E-state index is 9.60. The summed E-state index contributed by atoms with van der Waals surface area (Å²) in [7, 11) is 2.06. The first-order chi connectivity index (χ1) is 8.00. The number of rotatable bonds is 3. The van der Waals surface area contributed by atoms with Crippen molar-refractivity contribution in [3.8, 4) is 5.75 Å². The SMILES string of the molecule is Cc1c(CNC(C)C)c2cc(O)ccc2n1C. The van der Waals surface area contributed by atoms with Crippen molar-refractivity contribution in [2.45, 2.75) is 33.4 Å². The van der Waals surface area contributed by atoms with Crippen LogP contribution in [0.1, 0.15) is 25.1 Å². The second-order valence-electron chi connectivity index (χ2n) is 4.86. The molecule has 0 atom stereocenters. The normalized spacial score (nSPS) is 11.6. The minimum Gasteiger partial charge on any atom is -0.508 e. The number of hydrogen-bond acceptors (Lipinski definition) is 2. The van der Waals surface area contributed by atoms with E-state index in [1.165, 1.54) is 16.8 Å². The summed E-state index contributed by atoms with van der Waals surface area (Å²) in [6, 6.07) is 6.01. The maximum Gasteiger partial charge on any atom is 0.116 e. The number of benzene rings is 1. The summed E-state index contributed by atoms with van der Waals surface area (Å²) in [5.74, 6) is 0.328. The van der Waals surface area contributed by atoms with Gasteiger partial charge in [0.25, 0.3) is 0 Å². The molecule has 3 heteroatoms. The topological polar surface area (TPSA) is 37.2 Å². The minimum absolute atomic E-state index is 0.328. The van der Waals surface area contributed by atoms with Crippen LogP contribution in [0.2, 0.25) is 0 Å². The van der Waals surface area contributed by atoms with Crippen LogP contribution in [0.3, 0.4) is 0 Å². The Morgan fingerprint density at radius 3 is 2.71 bits per heavy atom. The summed E-state index contributed by atoms with van der Waals surface area (Å²) in [6.07, 6.45) is 0. The zero-order valence-corrected chi connectivity index (χ0v) is 10.9. The van der Waals surface area contributed by atoms with Crippen LogP contribution in [0.4, 0.5) is 0 Å². The average Bonchev–Trinajstić information content (AvgIpc) is 2.49. The Hall–Kier alpha value is -1.48. The van der Waals surface area contributed by atoms with E-state index in [1.54, 1.807) is 6.07 Å². The third kappa shape index (κ3) is 2.15. The van der Waals surface area contributed by atoms with E-state index in [9.17, 15) is 5.11 Å². The van der Waals surface area contributed by atoms with E-state index in [4.69, 9.17) is 0 Å². The Bertz CT molecular complexity index is 541. The Balaban J connectivity index is 2.52. The molecule has 1 aromatic carbocycles. The van der Waals surface area contributed by atoms with Crippen LogP contribution in [-0.4, -0.2) is 15.7 Å². The number of nitrogens with zero attached hydrogens (tertiary/aromatic N) is 1. The van der Waals surface area contributed by atoms with Gasteiger partial charge in [-0.25, -0.2) is 0 Å². The van der Waals surface area contributed by atoms with Crippen LogP contribution in [0.15, 0.2) is 18.2 Å². The van der Waals surface area contributed by atoms with Crippen LogP contribution in [-0.2, 0) is 13.6 Å². The van der Waals surface area contributed by atoms with Crippen LogP contribution in [0, 0.1) is 6.92 Å². The molecule has 0 spiro atoms. The number of phenols is 1. The molecular formula is C14H20N2O. The van der Waals surface area contributed by atoms with Gasteiger partial charge in [-0.1, -0.05) is 13.8 Å². The molecule has 0 fully saturated rings. The highest BCUT2D eigenvalue weighted by Crippen LogP contribution is 2.28. The van der Waals surface area contributed by atoms with Gasteiger partial charge in [0.05, 0.1) is 0 Å². The van der Waals surface area contributed by atoms with E-state index in [2.05, 4.69) is 37.7 Å². The third-order valence-electron chi connectivity index (χ3n) is 3.29. The summed E-state index contributed by atoms with van der Waals surface area (Å²) in [5, 5.41) is 14.2. The molecule has 0 aliphatic rings. The largest absolute Gasteiger partial charge is 0.508 e. The molecule has 0 aliphatic carbocycles. The van der Waals surface area contributed by atoms with Crippen LogP contribution in [0.25, 0.3) is 10.9 Å². The molecular weight excluding hydrogens is 212 g/mol. The predicted molar refractivity (Wildman–Crippen MR) is 71.3 cm³/mol. The van der Waals surface area contributed by atoms with Crippen molar-refractivity contribution in [1.82, 2.24) is 9.88 Å². The van der Waals surface area contributed by atoms with Gasteiger partial charge >= 0.3 is 0 Å². The summed E-state index contributed by atoms with van der Waals surface area (Å²) < 4.78 is 2.17. The molecule has 0 unspecified atom stereocenters. The molecule has 0 radical (unpaired) electrons. The lowest BCUT2D eigenvalue weighted by atomic mass is 10.1. The Morgan fingerprint density at radius 2 is 2.06 bits per heavy atom. The molecule has 2 rings (SSSR count). The van der Waals surface area contributed by atoms with Crippen molar-refractivity contribution in [1.29, 1.82) is 0 Å². The highest BCUT2D eigenvalue weighted by atomic mass is 16.3. The first-order valence-corrected chi connectivity index (χ1v) is 6.01. The lowest BCUT2D eigenvalue weighted by Gasteiger charge is -2.08. The second kappa shape index (κ2) is 4.41. The van der Waals surface area contributed by atoms with Crippen molar-refractivity contribution in [2.75, 3.05) is 0 Å². The van der Waals surface area contributed by atoms with E-state index in [1.807, 2.05) is 12.1 Å². The standard InChI is InChI=1S/C14H20N2O/c1-9(2)15-8-13-10(3)16(4)14-6-5-11(17)7-12(13)14/h5-7,9,15,17H,8H2,1-4H3. The molecule has 0 saturated carbocycles. The fourth-order valence-electron chi connectivity index (χ4n) is 2.17. The summed E-state index contributed by atoms with van der Waals surface area (Å²) >= 11 is 0. The minimum atomic E-state index is 0.328. The van der Waals surface area contributed by atoms with E-state index in [-0.39, 0.29) is 0 Å². The number of fused-ring (bicyclic) bond motifs is 1. The molecule has 92 valence electrons. The summed E-state index contributed by atoms with van der Waals surface area (Å²) in [4.78, 5) is 0. The van der Waals surface area contributed by atoms with Crippen molar-refractivity contribution in [2.24, 2.45) is 7.05 Å². The van der Waals surface area contributed by atoms with Crippen LogP contribution >= 0.6 is 0 Å². The number of aromatic nitrogens is 1. The number of phenolic OH excluding ortho intramolecular Hbond substituents is 1. The molecule has 0 bridgehead atoms. The van der Waals surface area contributed by atoms with Gasteiger partial charge in [-0.15, -0.1) is 0 Å². The Kier molecular flexibility index (Phi) is 3.11. The predicted octanol–water partition coefficient (Wildman–Crippen LogP) is 2.69. The van der Waals surface area contributed by atoms with Crippen LogP contribution in [0.5, 0.6) is 5.75 Å². The lowest BCUT2D eigenvalue weighted by molar-refractivity contribution is 0.476. The van der Waals surface area contributed by atoms with Crippen molar-refractivity contribution in [3.05, 3.63) is 29.5 Å². The molecule has 2 N–H and O–H groups in total. The van der Waals surface area contributed by atoms with E-state index < -0.39 is 0 Å². The smallest absolute Gasteiger partial charge is 0.116 e. The van der Waals surface area contributed by atoms with E-state index in [0.717, 1.165) is 11.9 Å². The van der Waals surface area contributed by atoms with Crippen molar-refractivity contribution < 1.29 is 5.11 Å². The van der Waals surface area contributed by atoms with Gasteiger partial charge in [-0.05, 0) is 30.7 Å². The van der Waals surface area contributed by atoms with Gasteiger partial charge < -0.3 is 15.0 Å². The van der Waals surface area contributed by atoms with Gasteiger partial charge in [-0.3, -0.25) is 0 Å². The fourth-order valence-corrected chi connectivity index (χ4v) is 2.17. The molecule has 0 saturated heterocycles. The lowest BCUT2D eigenvalue weighted by Crippen LogP contribution is -2.22. The van der Waals surface area contributed by atoms with Crippen molar-refractivity contribution >= 4 is 10.9 Å². The van der Waals surface area contributed by atoms with Gasteiger partial charge in [0.2, 0.25) is 0 Å². The summed E-state index contributed by atoms with van der Waals surface area (Å²) in [5.41, 5.74) is 3.69. The molecule has 1 aromatic heterocycles. The maximum absolute atomic E-state index is 9.60. The number of aromatic hydroxyl groups is 1. The Morgan fingerprint density at radius 1 is 1.35 bits per heavy atom.